The number of benzene rings is 7. The first-order valence-electron chi connectivity index (χ1n) is 22.2. The van der Waals surface area contributed by atoms with Crippen LogP contribution in [0.4, 0.5) is 11.4 Å². The van der Waals surface area contributed by atoms with Crippen LogP contribution in [0, 0.1) is 0 Å². The molecule has 0 aliphatic heterocycles. The SMILES string of the molecule is CCCC(/N=C(\C=C(/C)c1ccccc1)c1ccc2c3c(oc2c1)C=CCC3)c1cccc(-n2c3ccccc3c3cc(CC)c(-c4ccccc4Nc4ccccc4)cc32)c1. The molecule has 7 aromatic carbocycles. The van der Waals surface area contributed by atoms with Crippen molar-refractivity contribution in [1.29, 1.82) is 0 Å². The largest absolute Gasteiger partial charge is 0.456 e. The van der Waals surface area contributed by atoms with Gasteiger partial charge in [-0.2, -0.15) is 0 Å². The molecule has 62 heavy (non-hydrogen) atoms. The minimum Gasteiger partial charge on any atom is -0.456 e. The Morgan fingerprint density at radius 1 is 0.710 bits per heavy atom. The molecule has 0 radical (unpaired) electrons. The van der Waals surface area contributed by atoms with Gasteiger partial charge in [-0.25, -0.2) is 0 Å². The highest BCUT2D eigenvalue weighted by Crippen LogP contribution is 2.41. The third-order valence-corrected chi connectivity index (χ3v) is 12.5. The monoisotopic (exact) mass is 805 g/mol. The van der Waals surface area contributed by atoms with Crippen LogP contribution in [0.1, 0.15) is 79.7 Å². The Bertz CT molecular complexity index is 3160. The van der Waals surface area contributed by atoms with Gasteiger partial charge in [0.1, 0.15) is 11.3 Å². The zero-order valence-electron chi connectivity index (χ0n) is 35.7. The van der Waals surface area contributed by atoms with E-state index in [0.717, 1.165) is 71.8 Å². The number of fused-ring (bicyclic) bond motifs is 6. The summed E-state index contributed by atoms with van der Waals surface area (Å²) in [4.78, 5) is 5.70. The molecule has 1 unspecified atom stereocenters. The van der Waals surface area contributed by atoms with E-state index in [9.17, 15) is 0 Å². The quantitative estimate of drug-likeness (QED) is 0.125. The summed E-state index contributed by atoms with van der Waals surface area (Å²) in [6.07, 6.45) is 11.5. The number of aliphatic imine (C=N–C) groups is 1. The molecule has 4 nitrogen and oxygen atoms in total. The van der Waals surface area contributed by atoms with E-state index in [0.29, 0.717) is 0 Å². The molecular formula is C58H51N3O. The van der Waals surface area contributed by atoms with Crippen LogP contribution < -0.4 is 5.32 Å². The van der Waals surface area contributed by atoms with Crippen LogP contribution in [0.25, 0.3) is 61.2 Å². The highest BCUT2D eigenvalue weighted by molar-refractivity contribution is 6.14. The van der Waals surface area contributed by atoms with Crippen LogP contribution in [-0.4, -0.2) is 10.3 Å². The molecule has 1 N–H and O–H groups in total. The third-order valence-electron chi connectivity index (χ3n) is 12.5. The topological polar surface area (TPSA) is 42.5 Å². The first kappa shape index (κ1) is 39.0. The lowest BCUT2D eigenvalue weighted by Crippen LogP contribution is -2.05. The van der Waals surface area contributed by atoms with Gasteiger partial charge in [-0.3, -0.25) is 4.99 Å². The first-order chi connectivity index (χ1) is 30.6. The Morgan fingerprint density at radius 3 is 2.34 bits per heavy atom. The second kappa shape index (κ2) is 17.1. The van der Waals surface area contributed by atoms with Crippen molar-refractivity contribution >= 4 is 61.5 Å². The highest BCUT2D eigenvalue weighted by atomic mass is 16.3. The van der Waals surface area contributed by atoms with E-state index in [2.05, 4.69) is 213 Å². The predicted octanol–water partition coefficient (Wildman–Crippen LogP) is 15.9. The molecule has 0 spiro atoms. The summed E-state index contributed by atoms with van der Waals surface area (Å²) in [5, 5.41) is 7.43. The van der Waals surface area contributed by atoms with Crippen LogP contribution in [-0.2, 0) is 12.8 Å². The molecule has 0 fully saturated rings. The Morgan fingerprint density at radius 2 is 1.50 bits per heavy atom. The number of furan rings is 1. The van der Waals surface area contributed by atoms with Crippen LogP contribution in [0.3, 0.4) is 0 Å². The fourth-order valence-corrected chi connectivity index (χ4v) is 9.33. The van der Waals surface area contributed by atoms with Crippen LogP contribution >= 0.6 is 0 Å². The molecule has 10 rings (SSSR count). The predicted molar refractivity (Wildman–Crippen MR) is 263 cm³/mol. The minimum absolute atomic E-state index is 0.0653. The summed E-state index contributed by atoms with van der Waals surface area (Å²) >= 11 is 0. The minimum atomic E-state index is -0.0653. The van der Waals surface area contributed by atoms with Crippen molar-refractivity contribution in [1.82, 2.24) is 4.57 Å². The van der Waals surface area contributed by atoms with Gasteiger partial charge in [-0.1, -0.05) is 136 Å². The van der Waals surface area contributed by atoms with E-state index in [-0.39, 0.29) is 6.04 Å². The molecule has 0 saturated heterocycles. The van der Waals surface area contributed by atoms with E-state index in [4.69, 9.17) is 9.41 Å². The molecule has 0 bridgehead atoms. The third kappa shape index (κ3) is 7.47. The maximum absolute atomic E-state index is 6.45. The van der Waals surface area contributed by atoms with Crippen LogP contribution in [0.5, 0.6) is 0 Å². The van der Waals surface area contributed by atoms with Gasteiger partial charge in [0.25, 0.3) is 0 Å². The summed E-state index contributed by atoms with van der Waals surface area (Å²) in [5.74, 6) is 0.981. The maximum Gasteiger partial charge on any atom is 0.135 e. The van der Waals surface area contributed by atoms with Gasteiger partial charge in [0.15, 0.2) is 0 Å². The number of nitrogens with one attached hydrogen (secondary N) is 1. The zero-order chi connectivity index (χ0) is 42.0. The van der Waals surface area contributed by atoms with E-state index in [1.54, 1.807) is 0 Å². The molecule has 304 valence electrons. The molecule has 2 heterocycles. The van der Waals surface area contributed by atoms with Gasteiger partial charge in [-0.15, -0.1) is 0 Å². The van der Waals surface area contributed by atoms with Crippen molar-refractivity contribution in [3.63, 3.8) is 0 Å². The van der Waals surface area contributed by atoms with Gasteiger partial charge in [0, 0.05) is 49.9 Å². The molecule has 0 saturated carbocycles. The van der Waals surface area contributed by atoms with Crippen LogP contribution in [0.15, 0.2) is 185 Å². The molecule has 1 atom stereocenters. The van der Waals surface area contributed by atoms with Crippen LogP contribution in [0.2, 0.25) is 0 Å². The number of anilines is 2. The standard InChI is InChI=1S/C58H51N3O/c1-4-19-52(60-54(34-39(3)41-20-8-6-9-21-41)43-32-33-49-48-28-14-17-31-57(48)62-58(49)37-43)42-22-18-25-45(35-42)61-55-30-16-13-27-47(55)51-36-40(5-2)50(38-56(51)61)46-26-12-15-29-53(46)59-44-23-10-7-11-24-44/h6-13,15-18,20-27,29-38,52,59H,4-5,14,19,28H2,1-3H3/b39-34+,60-54+. The lowest BCUT2D eigenvalue weighted by Gasteiger charge is -2.18. The summed E-state index contributed by atoms with van der Waals surface area (Å²) in [7, 11) is 0. The average molecular weight is 806 g/mol. The highest BCUT2D eigenvalue weighted by Gasteiger charge is 2.21. The number of aryl methyl sites for hydroxylation is 2. The molecule has 9 aromatic rings. The fraction of sp³-hybridized carbons (Fsp3) is 0.155. The lowest BCUT2D eigenvalue weighted by atomic mass is 9.94. The number of hydrogen-bond acceptors (Lipinski definition) is 3. The van der Waals surface area contributed by atoms with Crippen molar-refractivity contribution in [2.75, 3.05) is 5.32 Å². The summed E-state index contributed by atoms with van der Waals surface area (Å²) < 4.78 is 8.91. The number of allylic oxidation sites excluding steroid dienone is 3. The summed E-state index contributed by atoms with van der Waals surface area (Å²) in [6, 6.07) is 59.1. The fourth-order valence-electron chi connectivity index (χ4n) is 9.33. The van der Waals surface area contributed by atoms with Crippen molar-refractivity contribution in [3.8, 4) is 16.8 Å². The number of para-hydroxylation sites is 3. The number of hydrogen-bond donors (Lipinski definition) is 1. The Balaban J connectivity index is 1.11. The Hall–Kier alpha value is -7.17. The first-order valence-corrected chi connectivity index (χ1v) is 22.2. The lowest BCUT2D eigenvalue weighted by molar-refractivity contribution is 0.595. The Kier molecular flexibility index (Phi) is 10.7. The van der Waals surface area contributed by atoms with Gasteiger partial charge in [0.05, 0.1) is 22.8 Å². The maximum atomic E-state index is 6.45. The van der Waals surface area contributed by atoms with Crippen molar-refractivity contribution in [2.24, 2.45) is 4.99 Å². The molecule has 0 amide bonds. The number of rotatable bonds is 12. The van der Waals surface area contributed by atoms with E-state index in [1.165, 1.54) is 66.1 Å². The zero-order valence-corrected chi connectivity index (χ0v) is 35.7. The van der Waals surface area contributed by atoms with Gasteiger partial charge in [0.2, 0.25) is 0 Å². The summed E-state index contributed by atoms with van der Waals surface area (Å²) in [6.45, 7) is 6.71. The molecule has 2 aromatic heterocycles. The summed E-state index contributed by atoms with van der Waals surface area (Å²) in [5.41, 5.74) is 17.2. The molecular weight excluding hydrogens is 755 g/mol. The number of nitrogens with zero attached hydrogens (tertiary/aromatic N) is 2. The van der Waals surface area contributed by atoms with E-state index in [1.807, 2.05) is 0 Å². The smallest absolute Gasteiger partial charge is 0.135 e. The van der Waals surface area contributed by atoms with E-state index >= 15 is 0 Å². The number of aromatic nitrogens is 1. The molecule has 1 aliphatic rings. The average Bonchev–Trinajstić information content (AvgIpc) is 3.86. The van der Waals surface area contributed by atoms with E-state index < -0.39 is 0 Å². The van der Waals surface area contributed by atoms with Crippen molar-refractivity contribution < 1.29 is 4.42 Å². The van der Waals surface area contributed by atoms with Gasteiger partial charge >= 0.3 is 0 Å². The van der Waals surface area contributed by atoms with Gasteiger partial charge in [-0.05, 0) is 127 Å². The Labute approximate surface area is 364 Å². The second-order valence-corrected chi connectivity index (χ2v) is 16.5. The van der Waals surface area contributed by atoms with Crippen molar-refractivity contribution in [3.05, 3.63) is 210 Å². The molecule has 4 heteroatoms. The normalized spacial score (nSPS) is 13.5. The molecule has 1 aliphatic carbocycles. The second-order valence-electron chi connectivity index (χ2n) is 16.5. The van der Waals surface area contributed by atoms with Gasteiger partial charge < -0.3 is 14.3 Å². The van der Waals surface area contributed by atoms with Crippen molar-refractivity contribution in [2.45, 2.75) is 58.9 Å².